The molecule has 7 heteroatoms. The van der Waals surface area contributed by atoms with Gasteiger partial charge in [-0.3, -0.25) is 4.98 Å². The third-order valence-electron chi connectivity index (χ3n) is 5.13. The summed E-state index contributed by atoms with van der Waals surface area (Å²) in [5.41, 5.74) is 5.44. The predicted octanol–water partition coefficient (Wildman–Crippen LogP) is 3.30. The van der Waals surface area contributed by atoms with E-state index < -0.39 is 0 Å². The van der Waals surface area contributed by atoms with Crippen molar-refractivity contribution in [2.75, 3.05) is 0 Å². The first-order valence-corrected chi connectivity index (χ1v) is 9.35. The van der Waals surface area contributed by atoms with Crippen molar-refractivity contribution in [1.29, 1.82) is 0 Å². The van der Waals surface area contributed by atoms with E-state index >= 15 is 0 Å². The Morgan fingerprint density at radius 3 is 2.89 bits per heavy atom. The Balaban J connectivity index is 1.57. The van der Waals surface area contributed by atoms with E-state index in [1.807, 2.05) is 43.5 Å². The molecule has 0 saturated heterocycles. The molecule has 4 aromatic rings. The van der Waals surface area contributed by atoms with Crippen LogP contribution in [0.25, 0.3) is 28.3 Å². The van der Waals surface area contributed by atoms with Gasteiger partial charge in [-0.2, -0.15) is 5.10 Å². The number of fused-ring (bicyclic) bond motifs is 1. The van der Waals surface area contributed by atoms with Crippen molar-refractivity contribution in [3.8, 4) is 22.6 Å². The van der Waals surface area contributed by atoms with Crippen LogP contribution in [0, 0.1) is 6.92 Å². The van der Waals surface area contributed by atoms with E-state index in [0.29, 0.717) is 6.54 Å². The second-order valence-corrected chi connectivity index (χ2v) is 7.43. The highest BCUT2D eigenvalue weighted by Crippen LogP contribution is 2.30. The molecule has 1 atom stereocenters. The molecule has 1 unspecified atom stereocenters. The largest absolute Gasteiger partial charge is 0.339 e. The number of pyridine rings is 2. The number of imidazole rings is 1. The van der Waals surface area contributed by atoms with Gasteiger partial charge < -0.3 is 10.3 Å². The number of nitrogens with zero attached hydrogens (tertiary/aromatic N) is 5. The van der Waals surface area contributed by atoms with Crippen LogP contribution in [0.5, 0.6) is 0 Å². The lowest BCUT2D eigenvalue weighted by molar-refractivity contribution is 0.402. The molecule has 0 fully saturated rings. The summed E-state index contributed by atoms with van der Waals surface area (Å²) in [7, 11) is 0. The van der Waals surface area contributed by atoms with Gasteiger partial charge in [0.2, 0.25) is 0 Å². The standard InChI is InChI=1S/C21H21N7/c1-14-5-3-6-16(25-14)20-19(15-7-8-18-22-13-24-28(18)12-15)26-17(27-20)11-23-21(2)9-4-10-21/h3-9,12-13,23H,10-11H2,1-2H3,(H,26,27). The Kier molecular flexibility index (Phi) is 3.84. The maximum Gasteiger partial charge on any atom is 0.155 e. The van der Waals surface area contributed by atoms with E-state index in [-0.39, 0.29) is 5.54 Å². The summed E-state index contributed by atoms with van der Waals surface area (Å²) in [5.74, 6) is 0.883. The molecular weight excluding hydrogens is 350 g/mol. The molecular formula is C21H21N7. The van der Waals surface area contributed by atoms with Crippen LogP contribution in [0.1, 0.15) is 24.9 Å². The van der Waals surface area contributed by atoms with Crippen molar-refractivity contribution in [3.05, 3.63) is 66.5 Å². The van der Waals surface area contributed by atoms with Crippen LogP contribution < -0.4 is 5.32 Å². The SMILES string of the molecule is Cc1cccc(-c2[nH]c(CNC3(C)C=CC3)nc2-c2ccc3ncnn3c2)n1. The van der Waals surface area contributed by atoms with Gasteiger partial charge in [0, 0.05) is 23.0 Å². The van der Waals surface area contributed by atoms with Crippen LogP contribution in [0.2, 0.25) is 0 Å². The zero-order chi connectivity index (χ0) is 19.1. The molecule has 0 radical (unpaired) electrons. The van der Waals surface area contributed by atoms with Gasteiger partial charge in [0.15, 0.2) is 5.65 Å². The topological polar surface area (TPSA) is 83.8 Å². The third kappa shape index (κ3) is 2.99. The van der Waals surface area contributed by atoms with Gasteiger partial charge in [-0.05, 0) is 44.5 Å². The van der Waals surface area contributed by atoms with Crippen LogP contribution in [-0.4, -0.2) is 35.1 Å². The fraction of sp³-hybridized carbons (Fsp3) is 0.238. The van der Waals surface area contributed by atoms with Crippen LogP contribution in [-0.2, 0) is 6.54 Å². The Morgan fingerprint density at radius 1 is 1.21 bits per heavy atom. The predicted molar refractivity (Wildman–Crippen MR) is 108 cm³/mol. The van der Waals surface area contributed by atoms with Crippen molar-refractivity contribution in [3.63, 3.8) is 0 Å². The summed E-state index contributed by atoms with van der Waals surface area (Å²) in [4.78, 5) is 17.3. The second kappa shape index (κ2) is 6.38. The average Bonchev–Trinajstić information content (AvgIpc) is 3.31. The Hall–Kier alpha value is -3.32. The Bertz CT molecular complexity index is 1190. The minimum atomic E-state index is 0.0499. The summed E-state index contributed by atoms with van der Waals surface area (Å²) < 4.78 is 1.76. The number of hydrogen-bond acceptors (Lipinski definition) is 5. The quantitative estimate of drug-likeness (QED) is 0.526. The molecule has 5 rings (SSSR count). The van der Waals surface area contributed by atoms with E-state index in [1.165, 1.54) is 0 Å². The monoisotopic (exact) mass is 371 g/mol. The number of aryl methyl sites for hydroxylation is 1. The smallest absolute Gasteiger partial charge is 0.155 e. The number of nitrogens with one attached hydrogen (secondary N) is 2. The van der Waals surface area contributed by atoms with Crippen molar-refractivity contribution in [2.45, 2.75) is 32.4 Å². The van der Waals surface area contributed by atoms with Gasteiger partial charge >= 0.3 is 0 Å². The molecule has 4 heterocycles. The van der Waals surface area contributed by atoms with Gasteiger partial charge in [-0.25, -0.2) is 14.5 Å². The number of aromatic amines is 1. The van der Waals surface area contributed by atoms with Crippen LogP contribution in [0.15, 0.2) is 55.0 Å². The Labute approximate surface area is 162 Å². The lowest BCUT2D eigenvalue weighted by Gasteiger charge is -2.32. The molecule has 2 N–H and O–H groups in total. The molecule has 0 aliphatic heterocycles. The number of H-pyrrole nitrogens is 1. The summed E-state index contributed by atoms with van der Waals surface area (Å²) in [6, 6.07) is 9.98. The minimum absolute atomic E-state index is 0.0499. The highest BCUT2D eigenvalue weighted by Gasteiger charge is 2.25. The highest BCUT2D eigenvalue weighted by atomic mass is 15.3. The normalized spacial score (nSPS) is 18.5. The summed E-state index contributed by atoms with van der Waals surface area (Å²) in [5, 5.41) is 7.81. The minimum Gasteiger partial charge on any atom is -0.339 e. The molecule has 0 amide bonds. The van der Waals surface area contributed by atoms with E-state index in [1.54, 1.807) is 10.8 Å². The van der Waals surface area contributed by atoms with E-state index in [2.05, 4.69) is 39.5 Å². The number of aromatic nitrogens is 6. The van der Waals surface area contributed by atoms with E-state index in [0.717, 1.165) is 46.2 Å². The summed E-state index contributed by atoms with van der Waals surface area (Å²) in [6.45, 7) is 4.84. The van der Waals surface area contributed by atoms with Crippen LogP contribution >= 0.6 is 0 Å². The molecule has 1 aliphatic rings. The Morgan fingerprint density at radius 2 is 2.11 bits per heavy atom. The molecule has 7 nitrogen and oxygen atoms in total. The maximum absolute atomic E-state index is 4.90. The third-order valence-corrected chi connectivity index (χ3v) is 5.13. The fourth-order valence-corrected chi connectivity index (χ4v) is 3.43. The molecule has 4 aromatic heterocycles. The summed E-state index contributed by atoms with van der Waals surface area (Å²) >= 11 is 0. The van der Waals surface area contributed by atoms with Crippen molar-refractivity contribution in [2.24, 2.45) is 0 Å². The zero-order valence-corrected chi connectivity index (χ0v) is 15.8. The number of hydrogen-bond donors (Lipinski definition) is 2. The molecule has 1 aliphatic carbocycles. The first-order chi connectivity index (χ1) is 13.6. The van der Waals surface area contributed by atoms with Crippen LogP contribution in [0.4, 0.5) is 0 Å². The van der Waals surface area contributed by atoms with Gasteiger partial charge in [-0.15, -0.1) is 0 Å². The molecule has 28 heavy (non-hydrogen) atoms. The first-order valence-electron chi connectivity index (χ1n) is 9.35. The number of rotatable bonds is 5. The second-order valence-electron chi connectivity index (χ2n) is 7.43. The average molecular weight is 371 g/mol. The molecule has 0 saturated carbocycles. The summed E-state index contributed by atoms with van der Waals surface area (Å²) in [6.07, 6.45) is 8.91. The van der Waals surface area contributed by atoms with Gasteiger partial charge in [-0.1, -0.05) is 18.2 Å². The lowest BCUT2D eigenvalue weighted by atomic mass is 9.88. The van der Waals surface area contributed by atoms with Crippen molar-refractivity contribution < 1.29 is 0 Å². The van der Waals surface area contributed by atoms with Gasteiger partial charge in [0.05, 0.1) is 23.6 Å². The molecule has 0 spiro atoms. The first kappa shape index (κ1) is 16.8. The molecule has 0 bridgehead atoms. The fourth-order valence-electron chi connectivity index (χ4n) is 3.43. The highest BCUT2D eigenvalue weighted by molar-refractivity contribution is 5.77. The van der Waals surface area contributed by atoms with E-state index in [4.69, 9.17) is 9.97 Å². The lowest BCUT2D eigenvalue weighted by Crippen LogP contribution is -2.43. The van der Waals surface area contributed by atoms with Crippen molar-refractivity contribution in [1.82, 2.24) is 34.9 Å². The van der Waals surface area contributed by atoms with Gasteiger partial charge in [0.1, 0.15) is 12.2 Å². The molecule has 140 valence electrons. The van der Waals surface area contributed by atoms with Gasteiger partial charge in [0.25, 0.3) is 0 Å². The zero-order valence-electron chi connectivity index (χ0n) is 15.8. The maximum atomic E-state index is 4.90. The van der Waals surface area contributed by atoms with Crippen LogP contribution in [0.3, 0.4) is 0 Å². The van der Waals surface area contributed by atoms with E-state index in [9.17, 15) is 0 Å². The molecule has 0 aromatic carbocycles. The van der Waals surface area contributed by atoms with Crippen molar-refractivity contribution >= 4 is 5.65 Å².